The Labute approximate surface area is 108 Å². The molecule has 1 atom stereocenters. The molecule has 1 N–H and O–H groups in total. The third-order valence-electron chi connectivity index (χ3n) is 3.62. The molecule has 18 heavy (non-hydrogen) atoms. The molecular formula is C13H19NO3S. The summed E-state index contributed by atoms with van der Waals surface area (Å²) in [6.07, 6.45) is 0.737. The molecule has 1 aromatic carbocycles. The van der Waals surface area contributed by atoms with E-state index in [1.807, 2.05) is 19.9 Å². The normalized spacial score (nSPS) is 21.4. The standard InChI is InChI=1S/C13H19NO3S/c1-10-3-4-13(7-11(10)2)18(16,17)14-6-5-12(8-14)9-15/h3-4,7,12,15H,5-6,8-9H2,1-2H3. The van der Waals surface area contributed by atoms with Gasteiger partial charge in [-0.05, 0) is 49.4 Å². The van der Waals surface area contributed by atoms with E-state index in [0.29, 0.717) is 18.0 Å². The summed E-state index contributed by atoms with van der Waals surface area (Å²) in [6.45, 7) is 4.85. The minimum Gasteiger partial charge on any atom is -0.396 e. The van der Waals surface area contributed by atoms with Gasteiger partial charge in [-0.25, -0.2) is 8.42 Å². The minimum atomic E-state index is -3.40. The van der Waals surface area contributed by atoms with Gasteiger partial charge in [0.15, 0.2) is 0 Å². The van der Waals surface area contributed by atoms with Crippen molar-refractivity contribution in [3.05, 3.63) is 29.3 Å². The first-order valence-electron chi connectivity index (χ1n) is 6.13. The molecule has 1 aromatic rings. The molecule has 0 spiro atoms. The van der Waals surface area contributed by atoms with Crippen LogP contribution in [0.1, 0.15) is 17.5 Å². The second-order valence-electron chi connectivity index (χ2n) is 4.95. The maximum atomic E-state index is 12.4. The zero-order chi connectivity index (χ0) is 13.3. The van der Waals surface area contributed by atoms with E-state index in [0.717, 1.165) is 17.5 Å². The van der Waals surface area contributed by atoms with Crippen LogP contribution in [0.2, 0.25) is 0 Å². The van der Waals surface area contributed by atoms with Crippen LogP contribution in [-0.2, 0) is 10.0 Å². The highest BCUT2D eigenvalue weighted by Crippen LogP contribution is 2.25. The SMILES string of the molecule is Cc1ccc(S(=O)(=O)N2CCC(CO)C2)cc1C. The van der Waals surface area contributed by atoms with Crippen molar-refractivity contribution in [1.82, 2.24) is 4.31 Å². The van der Waals surface area contributed by atoms with Gasteiger partial charge in [-0.1, -0.05) is 6.07 Å². The van der Waals surface area contributed by atoms with Crippen LogP contribution in [0.25, 0.3) is 0 Å². The summed E-state index contributed by atoms with van der Waals surface area (Å²) in [7, 11) is -3.40. The van der Waals surface area contributed by atoms with E-state index >= 15 is 0 Å². The van der Waals surface area contributed by atoms with Gasteiger partial charge in [0.25, 0.3) is 0 Å². The highest BCUT2D eigenvalue weighted by molar-refractivity contribution is 7.89. The van der Waals surface area contributed by atoms with E-state index in [-0.39, 0.29) is 12.5 Å². The van der Waals surface area contributed by atoms with Gasteiger partial charge in [-0.3, -0.25) is 0 Å². The molecule has 0 saturated carbocycles. The van der Waals surface area contributed by atoms with E-state index in [4.69, 9.17) is 5.11 Å². The molecule has 0 radical (unpaired) electrons. The average Bonchev–Trinajstić information content (AvgIpc) is 2.81. The molecule has 1 unspecified atom stereocenters. The average molecular weight is 269 g/mol. The number of aryl methyl sites for hydroxylation is 2. The zero-order valence-corrected chi connectivity index (χ0v) is 11.6. The third-order valence-corrected chi connectivity index (χ3v) is 5.48. The lowest BCUT2D eigenvalue weighted by Gasteiger charge is -2.17. The number of aliphatic hydroxyl groups is 1. The Morgan fingerprint density at radius 3 is 2.61 bits per heavy atom. The fraction of sp³-hybridized carbons (Fsp3) is 0.538. The molecule has 4 nitrogen and oxygen atoms in total. The van der Waals surface area contributed by atoms with Crippen LogP contribution in [0.3, 0.4) is 0 Å². The predicted octanol–water partition coefficient (Wildman–Crippen LogP) is 1.31. The maximum Gasteiger partial charge on any atom is 0.243 e. The van der Waals surface area contributed by atoms with Crippen molar-refractivity contribution in [2.45, 2.75) is 25.2 Å². The Kier molecular flexibility index (Phi) is 3.75. The van der Waals surface area contributed by atoms with Crippen LogP contribution >= 0.6 is 0 Å². The third kappa shape index (κ3) is 2.43. The van der Waals surface area contributed by atoms with Gasteiger partial charge < -0.3 is 5.11 Å². The fourth-order valence-corrected chi connectivity index (χ4v) is 3.80. The van der Waals surface area contributed by atoms with E-state index < -0.39 is 10.0 Å². The smallest absolute Gasteiger partial charge is 0.243 e. The zero-order valence-electron chi connectivity index (χ0n) is 10.8. The Morgan fingerprint density at radius 2 is 2.06 bits per heavy atom. The number of hydrogen-bond donors (Lipinski definition) is 1. The van der Waals surface area contributed by atoms with Gasteiger partial charge in [0.1, 0.15) is 0 Å². The van der Waals surface area contributed by atoms with Crippen molar-refractivity contribution in [3.63, 3.8) is 0 Å². The van der Waals surface area contributed by atoms with Gasteiger partial charge in [-0.15, -0.1) is 0 Å². The van der Waals surface area contributed by atoms with Gasteiger partial charge in [-0.2, -0.15) is 4.31 Å². The van der Waals surface area contributed by atoms with Crippen molar-refractivity contribution in [2.75, 3.05) is 19.7 Å². The molecule has 1 saturated heterocycles. The van der Waals surface area contributed by atoms with Crippen molar-refractivity contribution >= 4 is 10.0 Å². The first kappa shape index (κ1) is 13.5. The van der Waals surface area contributed by atoms with Crippen LogP contribution in [-0.4, -0.2) is 37.5 Å². The van der Waals surface area contributed by atoms with Crippen molar-refractivity contribution < 1.29 is 13.5 Å². The van der Waals surface area contributed by atoms with Crippen LogP contribution < -0.4 is 0 Å². The lowest BCUT2D eigenvalue weighted by molar-refractivity contribution is 0.233. The monoisotopic (exact) mass is 269 g/mol. The van der Waals surface area contributed by atoms with E-state index in [1.54, 1.807) is 12.1 Å². The van der Waals surface area contributed by atoms with Crippen LogP contribution in [0, 0.1) is 19.8 Å². The Balaban J connectivity index is 2.28. The largest absolute Gasteiger partial charge is 0.396 e. The second-order valence-corrected chi connectivity index (χ2v) is 6.88. The summed E-state index contributed by atoms with van der Waals surface area (Å²) >= 11 is 0. The molecule has 0 aromatic heterocycles. The molecule has 0 bridgehead atoms. The van der Waals surface area contributed by atoms with Gasteiger partial charge in [0.05, 0.1) is 4.90 Å². The van der Waals surface area contributed by atoms with Crippen LogP contribution in [0.15, 0.2) is 23.1 Å². The summed E-state index contributed by atoms with van der Waals surface area (Å²) in [5.74, 6) is 0.0753. The summed E-state index contributed by atoms with van der Waals surface area (Å²) in [6, 6.07) is 5.21. The molecule has 2 rings (SSSR count). The molecule has 1 fully saturated rings. The lowest BCUT2D eigenvalue weighted by Crippen LogP contribution is -2.29. The molecular weight excluding hydrogens is 250 g/mol. The molecule has 1 aliphatic heterocycles. The fourth-order valence-electron chi connectivity index (χ4n) is 2.19. The van der Waals surface area contributed by atoms with Crippen molar-refractivity contribution in [1.29, 1.82) is 0 Å². The lowest BCUT2D eigenvalue weighted by atomic mass is 10.1. The number of sulfonamides is 1. The molecule has 0 aliphatic carbocycles. The van der Waals surface area contributed by atoms with Gasteiger partial charge in [0, 0.05) is 19.7 Å². The van der Waals surface area contributed by atoms with Crippen LogP contribution in [0.5, 0.6) is 0 Å². The minimum absolute atomic E-state index is 0.0545. The number of nitrogens with zero attached hydrogens (tertiary/aromatic N) is 1. The topological polar surface area (TPSA) is 57.6 Å². The predicted molar refractivity (Wildman–Crippen MR) is 69.9 cm³/mol. The summed E-state index contributed by atoms with van der Waals surface area (Å²) in [4.78, 5) is 0.351. The molecule has 1 aliphatic rings. The highest BCUT2D eigenvalue weighted by atomic mass is 32.2. The molecule has 5 heteroatoms. The maximum absolute atomic E-state index is 12.4. The molecule has 100 valence electrons. The Bertz CT molecular complexity index is 539. The molecule has 0 amide bonds. The Hall–Kier alpha value is -0.910. The first-order chi connectivity index (χ1) is 8.45. The summed E-state index contributed by atoms with van der Waals surface area (Å²) in [5.41, 5.74) is 2.07. The number of hydrogen-bond acceptors (Lipinski definition) is 3. The summed E-state index contributed by atoms with van der Waals surface area (Å²) < 4.78 is 26.3. The van der Waals surface area contributed by atoms with E-state index in [2.05, 4.69) is 0 Å². The highest BCUT2D eigenvalue weighted by Gasteiger charge is 2.32. The first-order valence-corrected chi connectivity index (χ1v) is 7.57. The summed E-state index contributed by atoms with van der Waals surface area (Å²) in [5, 5.41) is 9.08. The van der Waals surface area contributed by atoms with Gasteiger partial charge in [0.2, 0.25) is 10.0 Å². The quantitative estimate of drug-likeness (QED) is 0.900. The number of benzene rings is 1. The second kappa shape index (κ2) is 4.99. The van der Waals surface area contributed by atoms with E-state index in [9.17, 15) is 8.42 Å². The Morgan fingerprint density at radius 1 is 1.33 bits per heavy atom. The van der Waals surface area contributed by atoms with Crippen molar-refractivity contribution in [2.24, 2.45) is 5.92 Å². The number of aliphatic hydroxyl groups excluding tert-OH is 1. The number of rotatable bonds is 3. The van der Waals surface area contributed by atoms with Crippen LogP contribution in [0.4, 0.5) is 0 Å². The molecule has 1 heterocycles. The van der Waals surface area contributed by atoms with E-state index in [1.165, 1.54) is 4.31 Å². The van der Waals surface area contributed by atoms with Gasteiger partial charge >= 0.3 is 0 Å². The van der Waals surface area contributed by atoms with Crippen molar-refractivity contribution in [3.8, 4) is 0 Å².